The molecule has 0 radical (unpaired) electrons. The fourth-order valence-corrected chi connectivity index (χ4v) is 8.59. The first-order chi connectivity index (χ1) is 11.4. The van der Waals surface area contributed by atoms with Crippen LogP contribution in [0.25, 0.3) is 0 Å². The van der Waals surface area contributed by atoms with E-state index in [4.69, 9.17) is 0 Å². The first kappa shape index (κ1) is 20.7. The lowest BCUT2D eigenvalue weighted by Gasteiger charge is -2.59. The number of halogens is 1. The van der Waals surface area contributed by atoms with Crippen LogP contribution < -0.4 is 0 Å². The summed E-state index contributed by atoms with van der Waals surface area (Å²) >= 11 is 0. The van der Waals surface area contributed by atoms with Gasteiger partial charge < -0.3 is 0 Å². The molecule has 3 aliphatic rings. The Hall–Kier alpha value is -0.0700. The lowest BCUT2D eigenvalue weighted by Crippen LogP contribution is -2.57. The van der Waals surface area contributed by atoms with Gasteiger partial charge in [0, 0.05) is 5.41 Å². The Bertz CT molecular complexity index is 589. The molecule has 2 bridgehead atoms. The van der Waals surface area contributed by atoms with Gasteiger partial charge in [0.25, 0.3) is 0 Å². The van der Waals surface area contributed by atoms with Gasteiger partial charge in [-0.2, -0.15) is 0 Å². The van der Waals surface area contributed by atoms with E-state index < -0.39 is 5.67 Å². The summed E-state index contributed by atoms with van der Waals surface area (Å²) in [5, 5.41) is 0. The molecule has 0 nitrogen and oxygen atoms in total. The average molecular weight is 365 g/mol. The second kappa shape index (κ2) is 4.91. The van der Waals surface area contributed by atoms with Crippen molar-refractivity contribution in [3.8, 4) is 0 Å². The van der Waals surface area contributed by atoms with Crippen molar-refractivity contribution in [2.45, 2.75) is 120 Å². The SMILES string of the molecule is CC(C)(C)C(C)(C)C12CCC3(CC1)C(C)(C(C)(F)C(C)(C)C)CCC23C. The molecule has 3 aliphatic carbocycles. The third-order valence-corrected chi connectivity index (χ3v) is 11.8. The average Bonchev–Trinajstić information content (AvgIpc) is 2.97. The highest BCUT2D eigenvalue weighted by Crippen LogP contribution is 2.89. The maximum atomic E-state index is 16.6. The predicted octanol–water partition coefficient (Wildman–Crippen LogP) is 8.20. The van der Waals surface area contributed by atoms with Crippen LogP contribution in [0.5, 0.6) is 0 Å². The Balaban J connectivity index is 2.18. The summed E-state index contributed by atoms with van der Waals surface area (Å²) in [6, 6.07) is 0. The summed E-state index contributed by atoms with van der Waals surface area (Å²) in [5.74, 6) is 0. The monoisotopic (exact) mass is 364 g/mol. The Kier molecular flexibility index (Phi) is 3.90. The molecule has 0 amide bonds. The minimum Gasteiger partial charge on any atom is -0.243 e. The molecule has 152 valence electrons. The van der Waals surface area contributed by atoms with E-state index in [1.165, 1.54) is 32.1 Å². The molecule has 0 N–H and O–H groups in total. The molecule has 3 atom stereocenters. The fraction of sp³-hybridized carbons (Fsp3) is 1.00. The molecule has 0 aromatic carbocycles. The minimum atomic E-state index is -1.15. The molecule has 0 aromatic heterocycles. The van der Waals surface area contributed by atoms with Gasteiger partial charge in [-0.15, -0.1) is 0 Å². The van der Waals surface area contributed by atoms with Crippen LogP contribution in [0, 0.1) is 37.9 Å². The summed E-state index contributed by atoms with van der Waals surface area (Å²) in [5.41, 5.74) is -0.392. The standard InChI is InChI=1S/C25H45F/c1-18(2,3)20(7,8)24-14-16-25(17-15-24)21(9,12-13-22(24,25)10)23(11,26)19(4,5)6/h12-17H2,1-11H3. The summed E-state index contributed by atoms with van der Waals surface area (Å²) in [7, 11) is 0. The van der Waals surface area contributed by atoms with Gasteiger partial charge in [-0.1, -0.05) is 69.2 Å². The van der Waals surface area contributed by atoms with Crippen molar-refractivity contribution in [2.24, 2.45) is 37.9 Å². The minimum absolute atomic E-state index is 0.166. The molecule has 26 heavy (non-hydrogen) atoms. The Morgan fingerprint density at radius 1 is 0.615 bits per heavy atom. The second-order valence-corrected chi connectivity index (χ2v) is 13.5. The Labute approximate surface area is 163 Å². The third-order valence-electron chi connectivity index (χ3n) is 11.8. The molecular formula is C25H45F. The lowest BCUT2D eigenvalue weighted by atomic mass is 9.46. The normalized spacial score (nSPS) is 45.7. The van der Waals surface area contributed by atoms with Gasteiger partial charge in [0.05, 0.1) is 0 Å². The van der Waals surface area contributed by atoms with Crippen molar-refractivity contribution < 1.29 is 4.39 Å². The quantitative estimate of drug-likeness (QED) is 0.463. The van der Waals surface area contributed by atoms with Crippen molar-refractivity contribution >= 4 is 0 Å². The summed E-state index contributed by atoms with van der Waals surface area (Å²) in [4.78, 5) is 0. The van der Waals surface area contributed by atoms with Gasteiger partial charge in [-0.3, -0.25) is 0 Å². The first-order valence-corrected chi connectivity index (χ1v) is 11.1. The van der Waals surface area contributed by atoms with Crippen LogP contribution in [-0.2, 0) is 0 Å². The van der Waals surface area contributed by atoms with Crippen LogP contribution in [0.4, 0.5) is 4.39 Å². The summed E-state index contributed by atoms with van der Waals surface area (Å²) < 4.78 is 16.6. The summed E-state index contributed by atoms with van der Waals surface area (Å²) in [6.07, 6.45) is 7.31. The fourth-order valence-electron chi connectivity index (χ4n) is 8.59. The largest absolute Gasteiger partial charge is 0.243 e. The number of alkyl halides is 1. The molecule has 0 aromatic rings. The van der Waals surface area contributed by atoms with Crippen LogP contribution in [0.15, 0.2) is 0 Å². The highest BCUT2D eigenvalue weighted by atomic mass is 19.1. The maximum absolute atomic E-state index is 16.6. The van der Waals surface area contributed by atoms with Crippen LogP contribution in [0.3, 0.4) is 0 Å². The Morgan fingerprint density at radius 2 is 1.08 bits per heavy atom. The van der Waals surface area contributed by atoms with Gasteiger partial charge >= 0.3 is 0 Å². The molecule has 0 saturated heterocycles. The van der Waals surface area contributed by atoms with Gasteiger partial charge in [0.2, 0.25) is 0 Å². The first-order valence-electron chi connectivity index (χ1n) is 11.1. The highest BCUT2D eigenvalue weighted by molar-refractivity contribution is 5.31. The van der Waals surface area contributed by atoms with E-state index in [2.05, 4.69) is 69.2 Å². The highest BCUT2D eigenvalue weighted by Gasteiger charge is 2.83. The second-order valence-electron chi connectivity index (χ2n) is 13.5. The molecule has 3 fully saturated rings. The zero-order chi connectivity index (χ0) is 20.2. The molecule has 1 heteroatoms. The van der Waals surface area contributed by atoms with E-state index >= 15 is 4.39 Å². The Morgan fingerprint density at radius 3 is 1.46 bits per heavy atom. The van der Waals surface area contributed by atoms with Crippen LogP contribution in [-0.4, -0.2) is 5.67 Å². The molecule has 0 spiro atoms. The number of hydrogen-bond acceptors (Lipinski definition) is 0. The van der Waals surface area contributed by atoms with Gasteiger partial charge in [0.1, 0.15) is 5.67 Å². The van der Waals surface area contributed by atoms with Crippen molar-refractivity contribution in [1.82, 2.24) is 0 Å². The molecule has 0 aliphatic heterocycles. The molecule has 3 rings (SSSR count). The van der Waals surface area contributed by atoms with Crippen molar-refractivity contribution in [3.63, 3.8) is 0 Å². The van der Waals surface area contributed by atoms with Crippen LogP contribution in [0.2, 0.25) is 0 Å². The van der Waals surface area contributed by atoms with E-state index in [1.54, 1.807) is 0 Å². The zero-order valence-corrected chi connectivity index (χ0v) is 19.6. The number of rotatable bonds is 2. The summed E-state index contributed by atoms with van der Waals surface area (Å²) in [6.45, 7) is 25.5. The molecule has 3 saturated carbocycles. The van der Waals surface area contributed by atoms with Gasteiger partial charge in [-0.25, -0.2) is 4.39 Å². The third kappa shape index (κ3) is 1.79. The van der Waals surface area contributed by atoms with E-state index in [1.807, 2.05) is 6.92 Å². The topological polar surface area (TPSA) is 0 Å². The molecular weight excluding hydrogens is 319 g/mol. The molecule has 0 heterocycles. The predicted molar refractivity (Wildman–Crippen MR) is 111 cm³/mol. The van der Waals surface area contributed by atoms with Crippen LogP contribution in [0.1, 0.15) is 115 Å². The van der Waals surface area contributed by atoms with E-state index in [0.717, 1.165) is 6.42 Å². The lowest BCUT2D eigenvalue weighted by molar-refractivity contribution is -0.147. The van der Waals surface area contributed by atoms with Crippen LogP contribution >= 0.6 is 0 Å². The van der Waals surface area contributed by atoms with Crippen molar-refractivity contribution in [3.05, 3.63) is 0 Å². The van der Waals surface area contributed by atoms with Crippen molar-refractivity contribution in [2.75, 3.05) is 0 Å². The van der Waals surface area contributed by atoms with Gasteiger partial charge in [-0.05, 0) is 77.9 Å². The van der Waals surface area contributed by atoms with E-state index in [-0.39, 0.29) is 32.5 Å². The zero-order valence-electron chi connectivity index (χ0n) is 19.6. The smallest absolute Gasteiger partial charge is 0.118 e. The molecule has 3 unspecified atom stereocenters. The van der Waals surface area contributed by atoms with Gasteiger partial charge in [0.15, 0.2) is 0 Å². The maximum Gasteiger partial charge on any atom is 0.118 e. The number of hydrogen-bond donors (Lipinski definition) is 0. The van der Waals surface area contributed by atoms with E-state index in [0.29, 0.717) is 5.41 Å². The van der Waals surface area contributed by atoms with E-state index in [9.17, 15) is 0 Å². The van der Waals surface area contributed by atoms with Crippen molar-refractivity contribution in [1.29, 1.82) is 0 Å².